The summed E-state index contributed by atoms with van der Waals surface area (Å²) in [7, 11) is 1.55. The number of hydrogen-bond acceptors (Lipinski definition) is 4. The molecule has 0 bridgehead atoms. The molecule has 0 aliphatic carbocycles. The summed E-state index contributed by atoms with van der Waals surface area (Å²) in [6.45, 7) is 5.95. The standard InChI is InChI=1S/C28H24Cl2FNO4/c1-28(2,3)18-13-15(9-12-22(18)36-4)25(33)23-24(17-7-5-6-8-21(17)31)32(27(35)26(23)34)16-10-11-19(29)20(30)14-16/h5-14,24,33H,1-4H3/b25-23+. The third kappa shape index (κ3) is 4.47. The lowest BCUT2D eigenvalue weighted by molar-refractivity contribution is -0.132. The number of anilines is 1. The van der Waals surface area contributed by atoms with Crippen molar-refractivity contribution in [1.29, 1.82) is 0 Å². The first-order valence-electron chi connectivity index (χ1n) is 11.1. The number of Topliss-reactive ketones (excluding diaryl/α,β-unsaturated/α-hetero) is 1. The van der Waals surface area contributed by atoms with Gasteiger partial charge in [0.15, 0.2) is 0 Å². The van der Waals surface area contributed by atoms with E-state index in [1.165, 1.54) is 36.4 Å². The Morgan fingerprint density at radius 2 is 1.69 bits per heavy atom. The zero-order valence-electron chi connectivity index (χ0n) is 20.1. The fourth-order valence-corrected chi connectivity index (χ4v) is 4.61. The lowest BCUT2D eigenvalue weighted by atomic mass is 9.84. The number of amides is 1. The van der Waals surface area contributed by atoms with Gasteiger partial charge in [0.05, 0.1) is 28.8 Å². The average Bonchev–Trinajstić information content (AvgIpc) is 3.10. The number of rotatable bonds is 4. The van der Waals surface area contributed by atoms with Gasteiger partial charge in [-0.2, -0.15) is 0 Å². The topological polar surface area (TPSA) is 66.8 Å². The number of ether oxygens (including phenoxy) is 1. The van der Waals surface area contributed by atoms with Crippen LogP contribution in [0.2, 0.25) is 10.0 Å². The Bertz CT molecular complexity index is 1410. The molecule has 1 aliphatic heterocycles. The molecule has 5 nitrogen and oxygen atoms in total. The summed E-state index contributed by atoms with van der Waals surface area (Å²) >= 11 is 12.2. The normalized spacial score (nSPS) is 17.5. The number of methoxy groups -OCH3 is 1. The molecule has 1 fully saturated rings. The number of ketones is 1. The summed E-state index contributed by atoms with van der Waals surface area (Å²) in [4.78, 5) is 27.8. The van der Waals surface area contributed by atoms with Gasteiger partial charge in [-0.15, -0.1) is 0 Å². The third-order valence-corrected chi connectivity index (χ3v) is 6.85. The number of carbonyl (C=O) groups excluding carboxylic acids is 2. The first-order chi connectivity index (χ1) is 17.0. The van der Waals surface area contributed by atoms with E-state index in [1.807, 2.05) is 20.8 Å². The quantitative estimate of drug-likeness (QED) is 0.224. The van der Waals surface area contributed by atoms with Gasteiger partial charge in [0, 0.05) is 22.4 Å². The van der Waals surface area contributed by atoms with E-state index in [1.54, 1.807) is 31.4 Å². The van der Waals surface area contributed by atoms with Crippen LogP contribution in [0.1, 0.15) is 43.5 Å². The summed E-state index contributed by atoms with van der Waals surface area (Å²) in [6.07, 6.45) is 0. The summed E-state index contributed by atoms with van der Waals surface area (Å²) in [5.41, 5.74) is 0.794. The monoisotopic (exact) mass is 527 g/mol. The lowest BCUT2D eigenvalue weighted by Crippen LogP contribution is -2.29. The average molecular weight is 528 g/mol. The Labute approximate surface area is 218 Å². The number of halogens is 3. The number of nitrogens with zero attached hydrogens (tertiary/aromatic N) is 1. The molecule has 1 unspecified atom stereocenters. The molecule has 0 saturated carbocycles. The summed E-state index contributed by atoms with van der Waals surface area (Å²) in [5.74, 6) is -2.31. The molecule has 1 N–H and O–H groups in total. The molecule has 1 atom stereocenters. The molecule has 186 valence electrons. The maximum Gasteiger partial charge on any atom is 0.300 e. The Kier molecular flexibility index (Phi) is 6.86. The van der Waals surface area contributed by atoms with Gasteiger partial charge < -0.3 is 9.84 Å². The zero-order valence-corrected chi connectivity index (χ0v) is 21.6. The van der Waals surface area contributed by atoms with E-state index in [0.29, 0.717) is 11.3 Å². The van der Waals surface area contributed by atoms with E-state index in [4.69, 9.17) is 27.9 Å². The second-order valence-electron chi connectivity index (χ2n) is 9.45. The molecule has 1 aliphatic rings. The highest BCUT2D eigenvalue weighted by molar-refractivity contribution is 6.52. The predicted molar refractivity (Wildman–Crippen MR) is 139 cm³/mol. The fraction of sp³-hybridized carbons (Fsp3) is 0.214. The first kappa shape index (κ1) is 25.7. The van der Waals surface area contributed by atoms with Crippen molar-refractivity contribution in [2.24, 2.45) is 0 Å². The minimum Gasteiger partial charge on any atom is -0.507 e. The molecule has 1 heterocycles. The van der Waals surface area contributed by atoms with Gasteiger partial charge in [-0.1, -0.05) is 62.2 Å². The van der Waals surface area contributed by atoms with Gasteiger partial charge in [-0.3, -0.25) is 14.5 Å². The maximum absolute atomic E-state index is 15.1. The molecular weight excluding hydrogens is 504 g/mol. The first-order valence-corrected chi connectivity index (χ1v) is 11.9. The van der Waals surface area contributed by atoms with Crippen LogP contribution in [0.25, 0.3) is 5.76 Å². The Morgan fingerprint density at radius 1 is 1.00 bits per heavy atom. The second-order valence-corrected chi connectivity index (χ2v) is 10.3. The molecule has 0 spiro atoms. The SMILES string of the molecule is COc1ccc(/C(O)=C2\C(=O)C(=O)N(c3ccc(Cl)c(Cl)c3)C2c2ccccc2F)cc1C(C)(C)C. The molecule has 4 rings (SSSR count). The molecule has 3 aromatic carbocycles. The smallest absolute Gasteiger partial charge is 0.300 e. The van der Waals surface area contributed by atoms with E-state index >= 15 is 4.39 Å². The number of aliphatic hydroxyl groups is 1. The van der Waals surface area contributed by atoms with Crippen LogP contribution in [0.4, 0.5) is 10.1 Å². The molecule has 0 aromatic heterocycles. The van der Waals surface area contributed by atoms with E-state index in [9.17, 15) is 14.7 Å². The number of aliphatic hydroxyl groups excluding tert-OH is 1. The minimum atomic E-state index is -1.23. The lowest BCUT2D eigenvalue weighted by Gasteiger charge is -2.26. The van der Waals surface area contributed by atoms with Gasteiger partial charge >= 0.3 is 0 Å². The van der Waals surface area contributed by atoms with Crippen LogP contribution in [0.3, 0.4) is 0 Å². The van der Waals surface area contributed by atoms with Gasteiger partial charge in [0.2, 0.25) is 0 Å². The molecular formula is C28H24Cl2FNO4. The van der Waals surface area contributed by atoms with E-state index in [-0.39, 0.29) is 32.3 Å². The molecule has 3 aromatic rings. The molecule has 1 amide bonds. The number of hydrogen-bond donors (Lipinski definition) is 1. The molecule has 36 heavy (non-hydrogen) atoms. The van der Waals surface area contributed by atoms with Gasteiger partial charge in [-0.05, 0) is 47.9 Å². The number of benzene rings is 3. The van der Waals surface area contributed by atoms with E-state index in [0.717, 1.165) is 10.5 Å². The zero-order chi connectivity index (χ0) is 26.4. The Balaban J connectivity index is 1.99. The van der Waals surface area contributed by atoms with Gasteiger partial charge in [0.25, 0.3) is 11.7 Å². The highest BCUT2D eigenvalue weighted by Gasteiger charge is 2.48. The van der Waals surface area contributed by atoms with Crippen molar-refractivity contribution < 1.29 is 23.8 Å². The Hall–Kier alpha value is -3.35. The van der Waals surface area contributed by atoms with Gasteiger partial charge in [-0.25, -0.2) is 4.39 Å². The molecule has 1 saturated heterocycles. The Morgan fingerprint density at radius 3 is 2.31 bits per heavy atom. The van der Waals surface area contributed by atoms with Crippen molar-refractivity contribution in [2.45, 2.75) is 32.2 Å². The summed E-state index contributed by atoms with van der Waals surface area (Å²) in [6, 6.07) is 14.0. The largest absolute Gasteiger partial charge is 0.507 e. The van der Waals surface area contributed by atoms with Crippen molar-refractivity contribution in [3.8, 4) is 5.75 Å². The van der Waals surface area contributed by atoms with Crippen LogP contribution in [0.5, 0.6) is 5.75 Å². The van der Waals surface area contributed by atoms with Crippen LogP contribution in [0, 0.1) is 5.82 Å². The molecule has 0 radical (unpaired) electrons. The summed E-state index contributed by atoms with van der Waals surface area (Å²) in [5, 5.41) is 11.8. The second kappa shape index (κ2) is 9.60. The van der Waals surface area contributed by atoms with Crippen molar-refractivity contribution in [3.05, 3.63) is 98.8 Å². The third-order valence-electron chi connectivity index (χ3n) is 6.11. The maximum atomic E-state index is 15.1. The fourth-order valence-electron chi connectivity index (χ4n) is 4.32. The van der Waals surface area contributed by atoms with Crippen LogP contribution in [-0.2, 0) is 15.0 Å². The van der Waals surface area contributed by atoms with Gasteiger partial charge in [0.1, 0.15) is 17.3 Å². The number of carbonyl (C=O) groups is 2. The highest BCUT2D eigenvalue weighted by atomic mass is 35.5. The summed E-state index contributed by atoms with van der Waals surface area (Å²) < 4.78 is 20.5. The van der Waals surface area contributed by atoms with Crippen LogP contribution < -0.4 is 9.64 Å². The van der Waals surface area contributed by atoms with Crippen molar-refractivity contribution >= 4 is 46.3 Å². The van der Waals surface area contributed by atoms with E-state index < -0.39 is 29.3 Å². The van der Waals surface area contributed by atoms with Crippen LogP contribution in [-0.4, -0.2) is 23.9 Å². The highest BCUT2D eigenvalue weighted by Crippen LogP contribution is 2.44. The van der Waals surface area contributed by atoms with Crippen molar-refractivity contribution in [3.63, 3.8) is 0 Å². The van der Waals surface area contributed by atoms with Crippen molar-refractivity contribution in [1.82, 2.24) is 0 Å². The van der Waals surface area contributed by atoms with Crippen LogP contribution >= 0.6 is 23.2 Å². The van der Waals surface area contributed by atoms with E-state index in [2.05, 4.69) is 0 Å². The molecule has 8 heteroatoms. The minimum absolute atomic E-state index is 0.0499. The predicted octanol–water partition coefficient (Wildman–Crippen LogP) is 7.06. The van der Waals surface area contributed by atoms with Crippen LogP contribution in [0.15, 0.2) is 66.2 Å². The van der Waals surface area contributed by atoms with Crippen molar-refractivity contribution in [2.75, 3.05) is 12.0 Å².